The van der Waals surface area contributed by atoms with Crippen LogP contribution in [0.4, 0.5) is 0 Å². The number of hydrogen-bond donors (Lipinski definition) is 1. The van der Waals surface area contributed by atoms with E-state index in [1.807, 2.05) is 37.8 Å². The maximum atomic E-state index is 9.60. The van der Waals surface area contributed by atoms with Crippen molar-refractivity contribution in [3.05, 3.63) is 16.9 Å². The second kappa shape index (κ2) is 7.65. The van der Waals surface area contributed by atoms with Crippen molar-refractivity contribution in [1.82, 2.24) is 15.1 Å². The number of nitrogens with zero attached hydrogens (tertiary/aromatic N) is 2. The summed E-state index contributed by atoms with van der Waals surface area (Å²) < 4.78 is 7.65. The molecule has 0 unspecified atom stereocenters. The topological polar surface area (TPSA) is 56.1 Å². The van der Waals surface area contributed by atoms with Gasteiger partial charge in [-0.3, -0.25) is 9.48 Å². The van der Waals surface area contributed by atoms with E-state index in [0.29, 0.717) is 12.5 Å². The first kappa shape index (κ1) is 16.2. The third-order valence-corrected chi connectivity index (χ3v) is 3.03. The van der Waals surface area contributed by atoms with Gasteiger partial charge in [0.1, 0.15) is 5.60 Å². The predicted octanol–water partition coefficient (Wildman–Crippen LogP) is 2.53. The molecule has 0 amide bonds. The molecule has 0 saturated carbocycles. The summed E-state index contributed by atoms with van der Waals surface area (Å²) in [6.07, 6.45) is 6.37. The molecule has 1 saturated heterocycles. The first-order valence-electron chi connectivity index (χ1n) is 6.44. The fourth-order valence-corrected chi connectivity index (χ4v) is 2.02. The molecule has 1 aromatic heterocycles. The summed E-state index contributed by atoms with van der Waals surface area (Å²) in [7, 11) is 0. The minimum atomic E-state index is -0.318. The molecule has 19 heavy (non-hydrogen) atoms. The molecule has 1 N–H and O–H groups in total. The summed E-state index contributed by atoms with van der Waals surface area (Å²) in [5.74, 6) is 0. The van der Waals surface area contributed by atoms with Crippen LogP contribution in [0.5, 0.6) is 0 Å². The van der Waals surface area contributed by atoms with Crippen LogP contribution < -0.4 is 5.32 Å². The van der Waals surface area contributed by atoms with Gasteiger partial charge in [0, 0.05) is 12.7 Å². The highest BCUT2D eigenvalue weighted by Gasteiger charge is 2.14. The lowest BCUT2D eigenvalue weighted by Gasteiger charge is -2.22. The summed E-state index contributed by atoms with van der Waals surface area (Å²) in [6, 6.07) is 0.546. The van der Waals surface area contributed by atoms with E-state index >= 15 is 0 Å². The number of nitrogens with one attached hydrogen (secondary N) is 1. The zero-order valence-electron chi connectivity index (χ0n) is 11.7. The standard InChI is InChI=1S/C8H12BrN3.C5H10O2/c9-7-4-11-12(6-7)8-2-1-3-10-5-8;1-5(2,3)7-4-6/h4,6,8,10H,1-3,5H2;4H,1-3H3/t8-;/m1./s1. The van der Waals surface area contributed by atoms with Crippen molar-refractivity contribution in [3.63, 3.8) is 0 Å². The van der Waals surface area contributed by atoms with Crippen LogP contribution in [0, 0.1) is 0 Å². The maximum absolute atomic E-state index is 9.60. The van der Waals surface area contributed by atoms with Crippen molar-refractivity contribution in [3.8, 4) is 0 Å². The average Bonchev–Trinajstić information content (AvgIpc) is 2.76. The van der Waals surface area contributed by atoms with Crippen molar-refractivity contribution >= 4 is 22.4 Å². The first-order valence-corrected chi connectivity index (χ1v) is 7.23. The van der Waals surface area contributed by atoms with Gasteiger partial charge in [0.25, 0.3) is 6.47 Å². The quantitative estimate of drug-likeness (QED) is 0.846. The van der Waals surface area contributed by atoms with Gasteiger partial charge in [-0.05, 0) is 56.1 Å². The zero-order valence-corrected chi connectivity index (χ0v) is 13.3. The van der Waals surface area contributed by atoms with Crippen molar-refractivity contribution in [2.75, 3.05) is 13.1 Å². The minimum Gasteiger partial charge on any atom is -0.462 e. The van der Waals surface area contributed by atoms with Crippen LogP contribution in [0.25, 0.3) is 0 Å². The average molecular weight is 332 g/mol. The number of carbonyl (C=O) groups is 1. The summed E-state index contributed by atoms with van der Waals surface area (Å²) in [4.78, 5) is 9.60. The number of piperidine rings is 1. The maximum Gasteiger partial charge on any atom is 0.293 e. The third-order valence-electron chi connectivity index (χ3n) is 2.62. The lowest BCUT2D eigenvalue weighted by atomic mass is 10.1. The van der Waals surface area contributed by atoms with E-state index < -0.39 is 0 Å². The molecule has 5 nitrogen and oxygen atoms in total. The number of ether oxygens (including phenoxy) is 1. The number of rotatable bonds is 2. The van der Waals surface area contributed by atoms with Crippen LogP contribution in [0.1, 0.15) is 39.7 Å². The lowest BCUT2D eigenvalue weighted by Crippen LogP contribution is -2.31. The van der Waals surface area contributed by atoms with Crippen molar-refractivity contribution in [2.24, 2.45) is 0 Å². The van der Waals surface area contributed by atoms with E-state index in [1.54, 1.807) is 0 Å². The lowest BCUT2D eigenvalue weighted by molar-refractivity contribution is -0.138. The van der Waals surface area contributed by atoms with Crippen LogP contribution in [-0.2, 0) is 9.53 Å². The second-order valence-electron chi connectivity index (χ2n) is 5.47. The van der Waals surface area contributed by atoms with Crippen molar-refractivity contribution in [1.29, 1.82) is 0 Å². The molecule has 0 aliphatic carbocycles. The Morgan fingerprint density at radius 2 is 2.32 bits per heavy atom. The first-order chi connectivity index (χ1) is 8.92. The van der Waals surface area contributed by atoms with Crippen LogP contribution in [0.15, 0.2) is 16.9 Å². The SMILES string of the molecule is Brc1cnn([C@@H]2CCCNC2)c1.CC(C)(C)OC=O. The van der Waals surface area contributed by atoms with E-state index in [0.717, 1.165) is 17.6 Å². The van der Waals surface area contributed by atoms with E-state index in [2.05, 4.69) is 31.1 Å². The number of carbonyl (C=O) groups excluding carboxylic acids is 1. The largest absolute Gasteiger partial charge is 0.462 e. The summed E-state index contributed by atoms with van der Waals surface area (Å²) in [5, 5.41) is 7.64. The molecule has 108 valence electrons. The Bertz CT molecular complexity index is 381. The normalized spacial score (nSPS) is 19.3. The Morgan fingerprint density at radius 1 is 1.58 bits per heavy atom. The fraction of sp³-hybridized carbons (Fsp3) is 0.692. The Hall–Kier alpha value is -0.880. The number of hydrogen-bond acceptors (Lipinski definition) is 4. The molecule has 1 aliphatic rings. The van der Waals surface area contributed by atoms with E-state index in [9.17, 15) is 4.79 Å². The molecule has 1 atom stereocenters. The van der Waals surface area contributed by atoms with Crippen LogP contribution in [0.3, 0.4) is 0 Å². The van der Waals surface area contributed by atoms with Gasteiger partial charge in [0.05, 0.1) is 16.7 Å². The van der Waals surface area contributed by atoms with Crippen molar-refractivity contribution in [2.45, 2.75) is 45.3 Å². The number of aromatic nitrogens is 2. The molecule has 2 rings (SSSR count). The Morgan fingerprint density at radius 3 is 2.68 bits per heavy atom. The highest BCUT2D eigenvalue weighted by Crippen LogP contribution is 2.17. The van der Waals surface area contributed by atoms with Crippen LogP contribution in [-0.4, -0.2) is 34.9 Å². The molecular formula is C13H22BrN3O2. The zero-order chi connectivity index (χ0) is 14.3. The van der Waals surface area contributed by atoms with Crippen molar-refractivity contribution < 1.29 is 9.53 Å². The van der Waals surface area contributed by atoms with E-state index in [-0.39, 0.29) is 5.60 Å². The molecule has 1 fully saturated rings. The summed E-state index contributed by atoms with van der Waals surface area (Å²) >= 11 is 3.40. The van der Waals surface area contributed by atoms with Gasteiger partial charge in [-0.15, -0.1) is 0 Å². The summed E-state index contributed by atoms with van der Waals surface area (Å²) in [6.45, 7) is 8.12. The molecule has 1 aliphatic heterocycles. The summed E-state index contributed by atoms with van der Waals surface area (Å²) in [5.41, 5.74) is -0.318. The Labute approximate surface area is 122 Å². The highest BCUT2D eigenvalue weighted by molar-refractivity contribution is 9.10. The molecule has 1 aromatic rings. The molecule has 0 spiro atoms. The molecule has 6 heteroatoms. The van der Waals surface area contributed by atoms with Gasteiger partial charge in [0.2, 0.25) is 0 Å². The van der Waals surface area contributed by atoms with Gasteiger partial charge in [-0.25, -0.2) is 0 Å². The fourth-order valence-electron chi connectivity index (χ4n) is 1.72. The van der Waals surface area contributed by atoms with Gasteiger partial charge in [0.15, 0.2) is 0 Å². The predicted molar refractivity (Wildman–Crippen MR) is 78.0 cm³/mol. The Kier molecular flexibility index (Phi) is 6.51. The molecule has 2 heterocycles. The molecular weight excluding hydrogens is 310 g/mol. The molecule has 0 radical (unpaired) electrons. The van der Waals surface area contributed by atoms with Crippen LogP contribution >= 0.6 is 15.9 Å². The van der Waals surface area contributed by atoms with E-state index in [4.69, 9.17) is 0 Å². The van der Waals surface area contributed by atoms with Gasteiger partial charge < -0.3 is 10.1 Å². The monoisotopic (exact) mass is 331 g/mol. The smallest absolute Gasteiger partial charge is 0.293 e. The van der Waals surface area contributed by atoms with Gasteiger partial charge in [-0.1, -0.05) is 0 Å². The third kappa shape index (κ3) is 6.73. The highest BCUT2D eigenvalue weighted by atomic mass is 79.9. The van der Waals surface area contributed by atoms with Crippen LogP contribution in [0.2, 0.25) is 0 Å². The van der Waals surface area contributed by atoms with Gasteiger partial charge >= 0.3 is 0 Å². The second-order valence-corrected chi connectivity index (χ2v) is 6.38. The van der Waals surface area contributed by atoms with E-state index in [1.165, 1.54) is 12.8 Å². The van der Waals surface area contributed by atoms with Gasteiger partial charge in [-0.2, -0.15) is 5.10 Å². The Balaban J connectivity index is 0.000000224. The number of halogens is 1. The minimum absolute atomic E-state index is 0.318. The molecule has 0 bridgehead atoms. The molecule has 0 aromatic carbocycles.